The summed E-state index contributed by atoms with van der Waals surface area (Å²) in [6, 6.07) is 14.2. The Morgan fingerprint density at radius 3 is 2.45 bits per heavy atom. The summed E-state index contributed by atoms with van der Waals surface area (Å²) in [5.74, 6) is 0.591. The molecular formula is C21H28N3O4S+. The number of sulfonamides is 1. The van der Waals surface area contributed by atoms with Crippen LogP contribution in [0.2, 0.25) is 0 Å². The molecule has 1 aliphatic rings. The Bertz CT molecular complexity index is 937. The number of nitrogens with one attached hydrogen (secondary N) is 2. The number of ether oxygens (including phenoxy) is 1. The third kappa shape index (κ3) is 5.56. The summed E-state index contributed by atoms with van der Waals surface area (Å²) in [4.78, 5) is 13.6. The second kappa shape index (κ2) is 9.39. The van der Waals surface area contributed by atoms with Crippen LogP contribution in [0.4, 0.5) is 5.69 Å². The molecule has 8 heteroatoms. The second-order valence-electron chi connectivity index (χ2n) is 7.15. The number of benzene rings is 2. The van der Waals surface area contributed by atoms with Crippen LogP contribution < -0.4 is 15.0 Å². The lowest BCUT2D eigenvalue weighted by Gasteiger charge is -2.31. The van der Waals surface area contributed by atoms with Crippen molar-refractivity contribution in [3.63, 3.8) is 0 Å². The first-order valence-corrected chi connectivity index (χ1v) is 11.3. The smallest absolute Gasteiger partial charge is 0.279 e. The highest BCUT2D eigenvalue weighted by atomic mass is 32.2. The highest BCUT2D eigenvalue weighted by Crippen LogP contribution is 2.19. The minimum absolute atomic E-state index is 0.0616. The van der Waals surface area contributed by atoms with Crippen molar-refractivity contribution in [3.8, 4) is 5.75 Å². The van der Waals surface area contributed by atoms with Crippen molar-refractivity contribution in [2.75, 3.05) is 44.6 Å². The molecule has 0 aliphatic carbocycles. The summed E-state index contributed by atoms with van der Waals surface area (Å²) in [5, 5.41) is 2.91. The van der Waals surface area contributed by atoms with Gasteiger partial charge in [0.15, 0.2) is 6.54 Å². The molecule has 29 heavy (non-hydrogen) atoms. The fourth-order valence-electron chi connectivity index (χ4n) is 3.40. The van der Waals surface area contributed by atoms with Gasteiger partial charge < -0.3 is 15.0 Å². The molecule has 1 fully saturated rings. The lowest BCUT2D eigenvalue weighted by atomic mass is 10.2. The summed E-state index contributed by atoms with van der Waals surface area (Å²) in [7, 11) is -3.54. The van der Waals surface area contributed by atoms with Crippen molar-refractivity contribution in [2.24, 2.45) is 0 Å². The molecule has 0 spiro atoms. The first kappa shape index (κ1) is 21.3. The molecule has 1 heterocycles. The van der Waals surface area contributed by atoms with Crippen molar-refractivity contribution >= 4 is 21.6 Å². The minimum Gasteiger partial charge on any atom is -0.494 e. The van der Waals surface area contributed by atoms with E-state index in [-0.39, 0.29) is 10.8 Å². The van der Waals surface area contributed by atoms with Gasteiger partial charge in [-0.25, -0.2) is 8.42 Å². The summed E-state index contributed by atoms with van der Waals surface area (Å²) in [5.41, 5.74) is 1.87. The van der Waals surface area contributed by atoms with E-state index in [1.165, 1.54) is 4.31 Å². The number of amides is 1. The molecule has 0 unspecified atom stereocenters. The first-order valence-electron chi connectivity index (χ1n) is 9.81. The molecule has 2 aromatic rings. The lowest BCUT2D eigenvalue weighted by Crippen LogP contribution is -3.15. The highest BCUT2D eigenvalue weighted by Gasteiger charge is 2.31. The maximum atomic E-state index is 12.9. The van der Waals surface area contributed by atoms with Crippen LogP contribution in [0.1, 0.15) is 12.5 Å². The Balaban J connectivity index is 1.53. The lowest BCUT2D eigenvalue weighted by molar-refractivity contribution is -0.895. The van der Waals surface area contributed by atoms with Crippen LogP contribution in [-0.2, 0) is 14.8 Å². The number of quaternary nitrogens is 1. The number of nitrogens with zero attached hydrogens (tertiary/aromatic N) is 1. The molecule has 1 amide bonds. The predicted molar refractivity (Wildman–Crippen MR) is 112 cm³/mol. The third-order valence-electron chi connectivity index (χ3n) is 4.91. The topological polar surface area (TPSA) is 80.2 Å². The fraction of sp³-hybridized carbons (Fsp3) is 0.381. The molecule has 0 radical (unpaired) electrons. The fourth-order valence-corrected chi connectivity index (χ4v) is 4.84. The van der Waals surface area contributed by atoms with Gasteiger partial charge in [0.25, 0.3) is 5.91 Å². The minimum atomic E-state index is -3.54. The van der Waals surface area contributed by atoms with E-state index in [2.05, 4.69) is 5.32 Å². The Labute approximate surface area is 172 Å². The Morgan fingerprint density at radius 1 is 1.14 bits per heavy atom. The standard InChI is InChI=1S/C21H27N3O4S/c1-3-28-19-7-9-20(10-8-19)29(26,27)24-13-11-23(12-14-24)16-21(25)22-18-6-4-5-17(2)15-18/h4-10,15H,3,11-14,16H2,1-2H3,(H,22,25)/p+1. The van der Waals surface area contributed by atoms with Crippen molar-refractivity contribution in [1.82, 2.24) is 4.31 Å². The molecule has 2 aromatic carbocycles. The summed E-state index contributed by atoms with van der Waals surface area (Å²) >= 11 is 0. The van der Waals surface area contributed by atoms with Crippen LogP contribution >= 0.6 is 0 Å². The number of hydrogen-bond donors (Lipinski definition) is 2. The van der Waals surface area contributed by atoms with Crippen LogP contribution in [0.25, 0.3) is 0 Å². The molecule has 2 N–H and O–H groups in total. The van der Waals surface area contributed by atoms with E-state index in [0.29, 0.717) is 45.1 Å². The van der Waals surface area contributed by atoms with Crippen LogP contribution in [-0.4, -0.2) is 58.0 Å². The number of aryl methyl sites for hydroxylation is 1. The van der Waals surface area contributed by atoms with Crippen molar-refractivity contribution in [1.29, 1.82) is 0 Å². The van der Waals surface area contributed by atoms with E-state index < -0.39 is 10.0 Å². The zero-order valence-electron chi connectivity index (χ0n) is 16.8. The van der Waals surface area contributed by atoms with Gasteiger partial charge >= 0.3 is 0 Å². The maximum absolute atomic E-state index is 12.9. The van der Waals surface area contributed by atoms with E-state index in [1.54, 1.807) is 24.3 Å². The van der Waals surface area contributed by atoms with E-state index in [4.69, 9.17) is 4.74 Å². The van der Waals surface area contributed by atoms with Crippen molar-refractivity contribution in [2.45, 2.75) is 18.7 Å². The molecular weight excluding hydrogens is 390 g/mol. The number of carbonyl (C=O) groups is 1. The predicted octanol–water partition coefficient (Wildman–Crippen LogP) is 0.922. The van der Waals surface area contributed by atoms with Gasteiger partial charge in [-0.05, 0) is 55.8 Å². The number of rotatable bonds is 7. The van der Waals surface area contributed by atoms with Crippen molar-refractivity contribution in [3.05, 3.63) is 54.1 Å². The van der Waals surface area contributed by atoms with Gasteiger partial charge in [0.05, 0.1) is 37.7 Å². The van der Waals surface area contributed by atoms with Gasteiger partial charge in [-0.15, -0.1) is 0 Å². The van der Waals surface area contributed by atoms with Gasteiger partial charge in [-0.2, -0.15) is 4.31 Å². The monoisotopic (exact) mass is 418 g/mol. The number of piperazine rings is 1. The number of anilines is 1. The van der Waals surface area contributed by atoms with Crippen LogP contribution in [0.15, 0.2) is 53.4 Å². The van der Waals surface area contributed by atoms with Gasteiger partial charge in [-0.1, -0.05) is 12.1 Å². The normalized spacial score (nSPS) is 15.8. The molecule has 0 bridgehead atoms. The van der Waals surface area contributed by atoms with Gasteiger partial charge in [-0.3, -0.25) is 4.79 Å². The molecule has 156 valence electrons. The first-order chi connectivity index (χ1) is 13.9. The number of hydrogen-bond acceptors (Lipinski definition) is 4. The third-order valence-corrected chi connectivity index (χ3v) is 6.83. The average Bonchev–Trinajstić information content (AvgIpc) is 2.69. The molecule has 1 aliphatic heterocycles. The van der Waals surface area contributed by atoms with Gasteiger partial charge in [0.1, 0.15) is 5.75 Å². The highest BCUT2D eigenvalue weighted by molar-refractivity contribution is 7.89. The molecule has 0 atom stereocenters. The van der Waals surface area contributed by atoms with Crippen LogP contribution in [0, 0.1) is 6.92 Å². The van der Waals surface area contributed by atoms with E-state index in [1.807, 2.05) is 38.1 Å². The van der Waals surface area contributed by atoms with Crippen LogP contribution in [0.5, 0.6) is 5.75 Å². The van der Waals surface area contributed by atoms with E-state index in [9.17, 15) is 13.2 Å². The van der Waals surface area contributed by atoms with E-state index in [0.717, 1.165) is 16.2 Å². The quantitative estimate of drug-likeness (QED) is 0.701. The summed E-state index contributed by atoms with van der Waals surface area (Å²) in [6.07, 6.45) is 0. The van der Waals surface area contributed by atoms with E-state index >= 15 is 0 Å². The Morgan fingerprint density at radius 2 is 1.83 bits per heavy atom. The SMILES string of the molecule is CCOc1ccc(S(=O)(=O)N2CC[NH+](CC(=O)Nc3cccc(C)c3)CC2)cc1. The Hall–Kier alpha value is -2.42. The summed E-state index contributed by atoms with van der Waals surface area (Å²) < 4.78 is 32.6. The van der Waals surface area contributed by atoms with Crippen LogP contribution in [0.3, 0.4) is 0 Å². The van der Waals surface area contributed by atoms with Gasteiger partial charge in [0.2, 0.25) is 10.0 Å². The second-order valence-corrected chi connectivity index (χ2v) is 9.09. The molecule has 1 saturated heterocycles. The zero-order valence-corrected chi connectivity index (χ0v) is 17.7. The molecule has 0 saturated carbocycles. The zero-order chi connectivity index (χ0) is 20.9. The molecule has 0 aromatic heterocycles. The Kier molecular flexibility index (Phi) is 6.89. The largest absolute Gasteiger partial charge is 0.494 e. The summed E-state index contributed by atoms with van der Waals surface area (Å²) in [6.45, 7) is 6.69. The molecule has 7 nitrogen and oxygen atoms in total. The average molecular weight is 419 g/mol. The number of carbonyl (C=O) groups excluding carboxylic acids is 1. The maximum Gasteiger partial charge on any atom is 0.279 e. The van der Waals surface area contributed by atoms with Gasteiger partial charge in [0, 0.05) is 5.69 Å². The molecule has 3 rings (SSSR count). The van der Waals surface area contributed by atoms with Crippen molar-refractivity contribution < 1.29 is 22.8 Å².